The average molecular weight is 387 g/mol. The molecule has 6 heteroatoms. The summed E-state index contributed by atoms with van der Waals surface area (Å²) >= 11 is 0. The Kier molecular flexibility index (Phi) is 4.69. The van der Waals surface area contributed by atoms with Crippen LogP contribution in [0.15, 0.2) is 73.1 Å². The van der Waals surface area contributed by atoms with Crippen LogP contribution in [0.4, 0.5) is 10.3 Å². The van der Waals surface area contributed by atoms with Crippen molar-refractivity contribution in [1.29, 1.82) is 0 Å². The molecule has 1 atom stereocenters. The third-order valence-electron chi connectivity index (χ3n) is 5.41. The van der Waals surface area contributed by atoms with Gasteiger partial charge in [-0.1, -0.05) is 42.5 Å². The molecule has 0 aliphatic carbocycles. The van der Waals surface area contributed by atoms with Crippen molar-refractivity contribution in [1.82, 2.24) is 20.0 Å². The van der Waals surface area contributed by atoms with E-state index in [2.05, 4.69) is 38.7 Å². The predicted octanol–water partition coefficient (Wildman–Crippen LogP) is 4.25. The number of fused-ring (bicyclic) bond motifs is 1. The Balaban J connectivity index is 1.43. The van der Waals surface area contributed by atoms with Crippen LogP contribution in [0.5, 0.6) is 0 Å². The normalized spacial score (nSPS) is 18.6. The number of nitrogens with one attached hydrogen (secondary N) is 1. The maximum atomic E-state index is 13.4. The molecule has 2 aliphatic rings. The second-order valence-electron chi connectivity index (χ2n) is 7.32. The SMILES string of the molecule is Fc1ccc(C2=CN3CCCN3C2c2ccnc(NCc3ccccc3)n2)cc1. The summed E-state index contributed by atoms with van der Waals surface area (Å²) < 4.78 is 13.4. The Hall–Kier alpha value is -3.25. The molecule has 0 saturated carbocycles. The van der Waals surface area contributed by atoms with Crippen LogP contribution >= 0.6 is 0 Å². The van der Waals surface area contributed by atoms with E-state index in [9.17, 15) is 4.39 Å². The highest BCUT2D eigenvalue weighted by Crippen LogP contribution is 2.42. The largest absolute Gasteiger partial charge is 0.350 e. The highest BCUT2D eigenvalue weighted by atomic mass is 19.1. The molecule has 2 aliphatic heterocycles. The highest BCUT2D eigenvalue weighted by Gasteiger charge is 2.38. The van der Waals surface area contributed by atoms with Crippen LogP contribution in [0.25, 0.3) is 5.57 Å². The zero-order chi connectivity index (χ0) is 19.6. The van der Waals surface area contributed by atoms with Gasteiger partial charge in [-0.2, -0.15) is 0 Å². The lowest BCUT2D eigenvalue weighted by molar-refractivity contribution is 0.0732. The van der Waals surface area contributed by atoms with Crippen LogP contribution in [-0.4, -0.2) is 33.1 Å². The lowest BCUT2D eigenvalue weighted by Crippen LogP contribution is -2.31. The summed E-state index contributed by atoms with van der Waals surface area (Å²) in [6, 6.07) is 18.9. The van der Waals surface area contributed by atoms with E-state index in [4.69, 9.17) is 4.98 Å². The van der Waals surface area contributed by atoms with E-state index in [-0.39, 0.29) is 11.9 Å². The summed E-state index contributed by atoms with van der Waals surface area (Å²) in [7, 11) is 0. The second kappa shape index (κ2) is 7.64. The Morgan fingerprint density at radius 1 is 1.00 bits per heavy atom. The van der Waals surface area contributed by atoms with Crippen LogP contribution in [0, 0.1) is 5.82 Å². The molecule has 3 aromatic rings. The lowest BCUT2D eigenvalue weighted by Gasteiger charge is -2.27. The van der Waals surface area contributed by atoms with Crippen LogP contribution in [0.3, 0.4) is 0 Å². The maximum Gasteiger partial charge on any atom is 0.223 e. The molecule has 29 heavy (non-hydrogen) atoms. The number of aromatic nitrogens is 2. The van der Waals surface area contributed by atoms with Gasteiger partial charge in [-0.3, -0.25) is 0 Å². The van der Waals surface area contributed by atoms with Crippen molar-refractivity contribution in [3.05, 3.63) is 95.7 Å². The van der Waals surface area contributed by atoms with Gasteiger partial charge in [0.1, 0.15) is 5.82 Å². The molecule has 1 unspecified atom stereocenters. The monoisotopic (exact) mass is 387 g/mol. The van der Waals surface area contributed by atoms with Crippen LogP contribution < -0.4 is 5.32 Å². The van der Waals surface area contributed by atoms with Crippen molar-refractivity contribution < 1.29 is 4.39 Å². The number of nitrogens with zero attached hydrogens (tertiary/aromatic N) is 4. The standard InChI is InChI=1S/C23H22FN5/c24-19-9-7-18(8-10-19)20-16-28-13-4-14-29(28)22(20)21-11-12-25-23(27-21)26-15-17-5-2-1-3-6-17/h1-3,5-12,16,22H,4,13-15H2,(H,25,26,27). The van der Waals surface area contributed by atoms with Gasteiger partial charge in [-0.25, -0.2) is 19.4 Å². The van der Waals surface area contributed by atoms with Crippen molar-refractivity contribution in [2.75, 3.05) is 18.4 Å². The number of hydrogen-bond donors (Lipinski definition) is 1. The van der Waals surface area contributed by atoms with Crippen molar-refractivity contribution in [2.45, 2.75) is 19.0 Å². The minimum absolute atomic E-state index is 0.00300. The molecule has 1 N–H and O–H groups in total. The van der Waals surface area contributed by atoms with E-state index in [1.165, 1.54) is 17.7 Å². The zero-order valence-electron chi connectivity index (χ0n) is 16.0. The smallest absolute Gasteiger partial charge is 0.223 e. The first-order valence-electron chi connectivity index (χ1n) is 9.89. The molecule has 0 radical (unpaired) electrons. The Morgan fingerprint density at radius 2 is 1.83 bits per heavy atom. The fraction of sp³-hybridized carbons (Fsp3) is 0.217. The third-order valence-corrected chi connectivity index (χ3v) is 5.41. The van der Waals surface area contributed by atoms with Crippen molar-refractivity contribution >= 4 is 11.5 Å². The maximum absolute atomic E-state index is 13.4. The quantitative estimate of drug-likeness (QED) is 0.709. The van der Waals surface area contributed by atoms with Gasteiger partial charge in [0, 0.05) is 37.6 Å². The van der Waals surface area contributed by atoms with E-state index in [0.29, 0.717) is 12.5 Å². The number of benzene rings is 2. The van der Waals surface area contributed by atoms with E-state index in [1.807, 2.05) is 36.4 Å². The first-order chi connectivity index (χ1) is 14.3. The minimum atomic E-state index is -0.223. The van der Waals surface area contributed by atoms with Gasteiger partial charge >= 0.3 is 0 Å². The number of rotatable bonds is 5. The van der Waals surface area contributed by atoms with Crippen molar-refractivity contribution in [2.24, 2.45) is 0 Å². The second-order valence-corrected chi connectivity index (χ2v) is 7.32. The van der Waals surface area contributed by atoms with Gasteiger partial charge in [-0.05, 0) is 35.7 Å². The highest BCUT2D eigenvalue weighted by molar-refractivity contribution is 5.72. The Bertz CT molecular complexity index is 1020. The first kappa shape index (κ1) is 17.8. The summed E-state index contributed by atoms with van der Waals surface area (Å²) in [5.41, 5.74) is 4.27. The molecule has 1 saturated heterocycles. The van der Waals surface area contributed by atoms with Crippen LogP contribution in [0.2, 0.25) is 0 Å². The molecule has 1 aromatic heterocycles. The topological polar surface area (TPSA) is 44.3 Å². The predicted molar refractivity (Wildman–Crippen MR) is 111 cm³/mol. The summed E-state index contributed by atoms with van der Waals surface area (Å²) in [6.45, 7) is 2.64. The summed E-state index contributed by atoms with van der Waals surface area (Å²) in [5, 5.41) is 7.91. The van der Waals surface area contributed by atoms with Crippen molar-refractivity contribution in [3.63, 3.8) is 0 Å². The molecular weight excluding hydrogens is 365 g/mol. The Morgan fingerprint density at radius 3 is 2.66 bits per heavy atom. The molecule has 2 aromatic carbocycles. The fourth-order valence-electron chi connectivity index (χ4n) is 4.03. The lowest BCUT2D eigenvalue weighted by atomic mass is 9.97. The fourth-order valence-corrected chi connectivity index (χ4v) is 4.03. The first-order valence-corrected chi connectivity index (χ1v) is 9.89. The van der Waals surface area contributed by atoms with Gasteiger partial charge in [0.2, 0.25) is 5.95 Å². The van der Waals surface area contributed by atoms with E-state index >= 15 is 0 Å². The number of halogens is 1. The molecule has 3 heterocycles. The molecule has 0 bridgehead atoms. The molecular formula is C23H22FN5. The molecule has 5 rings (SSSR count). The third kappa shape index (κ3) is 3.59. The summed E-state index contributed by atoms with van der Waals surface area (Å²) in [5.74, 6) is 0.390. The number of hydrazine groups is 1. The number of anilines is 1. The van der Waals surface area contributed by atoms with Gasteiger partial charge in [0.15, 0.2) is 0 Å². The molecule has 1 fully saturated rings. The van der Waals surface area contributed by atoms with E-state index < -0.39 is 0 Å². The van der Waals surface area contributed by atoms with Crippen LogP contribution in [-0.2, 0) is 6.54 Å². The van der Waals surface area contributed by atoms with Crippen molar-refractivity contribution in [3.8, 4) is 0 Å². The number of hydrogen-bond acceptors (Lipinski definition) is 5. The van der Waals surface area contributed by atoms with Crippen LogP contribution in [0.1, 0.15) is 29.3 Å². The average Bonchev–Trinajstić information content (AvgIpc) is 3.35. The van der Waals surface area contributed by atoms with E-state index in [0.717, 1.165) is 36.3 Å². The van der Waals surface area contributed by atoms with E-state index in [1.54, 1.807) is 6.20 Å². The molecule has 5 nitrogen and oxygen atoms in total. The molecule has 0 amide bonds. The Labute approximate surface area is 169 Å². The zero-order valence-corrected chi connectivity index (χ0v) is 16.0. The van der Waals surface area contributed by atoms with Gasteiger partial charge in [-0.15, -0.1) is 0 Å². The molecule has 0 spiro atoms. The minimum Gasteiger partial charge on any atom is -0.350 e. The summed E-state index contributed by atoms with van der Waals surface area (Å²) in [6.07, 6.45) is 5.09. The van der Waals surface area contributed by atoms with Gasteiger partial charge < -0.3 is 10.3 Å². The van der Waals surface area contributed by atoms with Gasteiger partial charge in [0.05, 0.1) is 11.7 Å². The summed E-state index contributed by atoms with van der Waals surface area (Å²) in [4.78, 5) is 9.22. The van der Waals surface area contributed by atoms with Gasteiger partial charge in [0.25, 0.3) is 0 Å². The molecule has 146 valence electrons.